The van der Waals surface area contributed by atoms with Crippen molar-refractivity contribution in [3.63, 3.8) is 0 Å². The van der Waals surface area contributed by atoms with Gasteiger partial charge >= 0.3 is 11.9 Å². The summed E-state index contributed by atoms with van der Waals surface area (Å²) in [5.74, 6) is -1.37. The van der Waals surface area contributed by atoms with Crippen molar-refractivity contribution in [1.29, 1.82) is 0 Å². The van der Waals surface area contributed by atoms with Crippen LogP contribution in [0.2, 0.25) is 20.1 Å². The Balaban J connectivity index is 1.95. The molecule has 42 heavy (non-hydrogen) atoms. The number of anilines is 1. The first-order valence-corrected chi connectivity index (χ1v) is 14.9. The van der Waals surface area contributed by atoms with Crippen molar-refractivity contribution in [2.45, 2.75) is 58.9 Å². The van der Waals surface area contributed by atoms with E-state index in [1.807, 2.05) is 24.3 Å². The molecule has 3 rings (SSSR count). The Morgan fingerprint density at radius 3 is 1.52 bits per heavy atom. The number of halogens is 4. The highest BCUT2D eigenvalue weighted by Gasteiger charge is 2.31. The molecule has 0 heterocycles. The average molecular weight is 657 g/mol. The summed E-state index contributed by atoms with van der Waals surface area (Å²) in [6, 6.07) is 13.8. The lowest BCUT2D eigenvalue weighted by Gasteiger charge is -2.35. The predicted molar refractivity (Wildman–Crippen MR) is 168 cm³/mol. The first-order valence-electron chi connectivity index (χ1n) is 13.4. The SMILES string of the molecule is CCCCCc1ccc(N(C(C)OC(=O)c2c(Cl)ccc(Cl)c2OC)C(C)OC(=O)c2c(Cl)ccc(Cl)c2OC)cc1. The van der Waals surface area contributed by atoms with Crippen LogP contribution in [0.3, 0.4) is 0 Å². The summed E-state index contributed by atoms with van der Waals surface area (Å²) >= 11 is 25.1. The molecule has 0 bridgehead atoms. The van der Waals surface area contributed by atoms with Gasteiger partial charge in [-0.15, -0.1) is 0 Å². The third-order valence-electron chi connectivity index (χ3n) is 6.58. The van der Waals surface area contributed by atoms with Gasteiger partial charge in [-0.25, -0.2) is 9.59 Å². The van der Waals surface area contributed by atoms with E-state index in [0.717, 1.165) is 31.2 Å². The minimum Gasteiger partial charge on any atom is -0.494 e. The molecule has 0 aliphatic carbocycles. The molecule has 7 nitrogen and oxygen atoms in total. The van der Waals surface area contributed by atoms with Crippen molar-refractivity contribution < 1.29 is 28.5 Å². The van der Waals surface area contributed by atoms with E-state index in [4.69, 9.17) is 65.4 Å². The molecule has 2 unspecified atom stereocenters. The van der Waals surface area contributed by atoms with Crippen LogP contribution in [0, 0.1) is 0 Å². The lowest BCUT2D eigenvalue weighted by Crippen LogP contribution is -2.45. The number of esters is 2. The van der Waals surface area contributed by atoms with Crippen molar-refractivity contribution >= 4 is 64.0 Å². The number of aryl methyl sites for hydroxylation is 1. The zero-order valence-electron chi connectivity index (χ0n) is 24.0. The maximum atomic E-state index is 13.3. The van der Waals surface area contributed by atoms with Crippen LogP contribution in [0.15, 0.2) is 48.5 Å². The largest absolute Gasteiger partial charge is 0.494 e. The second kappa shape index (κ2) is 15.6. The Morgan fingerprint density at radius 1 is 0.690 bits per heavy atom. The fourth-order valence-corrected chi connectivity index (χ4v) is 5.44. The number of nitrogens with zero attached hydrogens (tertiary/aromatic N) is 1. The molecule has 0 aliphatic rings. The molecule has 2 atom stereocenters. The fourth-order valence-electron chi connectivity index (χ4n) is 4.52. The first kappa shape index (κ1) is 33.7. The van der Waals surface area contributed by atoms with Gasteiger partial charge in [-0.3, -0.25) is 0 Å². The van der Waals surface area contributed by atoms with E-state index in [1.54, 1.807) is 18.7 Å². The van der Waals surface area contributed by atoms with Crippen LogP contribution in [-0.4, -0.2) is 38.6 Å². The topological polar surface area (TPSA) is 74.3 Å². The van der Waals surface area contributed by atoms with Crippen LogP contribution in [-0.2, 0) is 15.9 Å². The number of unbranched alkanes of at least 4 members (excludes halogenated alkanes) is 2. The van der Waals surface area contributed by atoms with Gasteiger partial charge in [0.2, 0.25) is 0 Å². The van der Waals surface area contributed by atoms with Gasteiger partial charge in [0.05, 0.1) is 34.3 Å². The van der Waals surface area contributed by atoms with Crippen molar-refractivity contribution in [2.75, 3.05) is 19.1 Å². The molecule has 0 fully saturated rings. The zero-order valence-corrected chi connectivity index (χ0v) is 27.0. The Labute approximate surface area is 266 Å². The number of carbonyl (C=O) groups is 2. The Hall–Kier alpha value is -2.84. The van der Waals surface area contributed by atoms with Crippen molar-refractivity contribution in [1.82, 2.24) is 0 Å². The van der Waals surface area contributed by atoms with E-state index in [9.17, 15) is 9.59 Å². The van der Waals surface area contributed by atoms with Crippen LogP contribution in [0.25, 0.3) is 0 Å². The van der Waals surface area contributed by atoms with Gasteiger partial charge in [0, 0.05) is 5.69 Å². The molecule has 0 amide bonds. The van der Waals surface area contributed by atoms with Gasteiger partial charge in [-0.2, -0.15) is 0 Å². The van der Waals surface area contributed by atoms with Crippen molar-refractivity contribution in [3.05, 3.63) is 85.3 Å². The highest BCUT2D eigenvalue weighted by Crippen LogP contribution is 2.36. The minimum atomic E-state index is -0.942. The zero-order chi connectivity index (χ0) is 31.0. The third kappa shape index (κ3) is 7.95. The van der Waals surface area contributed by atoms with E-state index in [2.05, 4.69) is 6.92 Å². The standard InChI is InChI=1S/C31H33Cl4NO6/c1-6-7-8-9-20-10-12-21(13-11-20)36(18(2)41-30(37)26-22(32)14-16-24(34)28(26)39-4)19(3)42-31(38)27-23(33)15-17-25(35)29(27)40-5/h10-19H,6-9H2,1-5H3. The van der Waals surface area contributed by atoms with Crippen LogP contribution in [0.4, 0.5) is 5.69 Å². The number of benzene rings is 3. The van der Waals surface area contributed by atoms with Crippen molar-refractivity contribution in [3.8, 4) is 11.5 Å². The highest BCUT2D eigenvalue weighted by molar-refractivity contribution is 6.37. The number of rotatable bonds is 13. The van der Waals surface area contributed by atoms with Gasteiger partial charge in [-0.05, 0) is 68.7 Å². The molecule has 0 radical (unpaired) electrons. The Morgan fingerprint density at radius 2 is 1.12 bits per heavy atom. The molecular formula is C31H33Cl4NO6. The molecule has 226 valence electrons. The quantitative estimate of drug-likeness (QED) is 0.103. The summed E-state index contributed by atoms with van der Waals surface area (Å²) < 4.78 is 22.3. The molecule has 0 aliphatic heterocycles. The molecule has 11 heteroatoms. The number of hydrogen-bond donors (Lipinski definition) is 0. The van der Waals surface area contributed by atoms with E-state index < -0.39 is 24.4 Å². The first-order chi connectivity index (χ1) is 20.0. The predicted octanol–water partition coefficient (Wildman–Crippen LogP) is 9.26. The Kier molecular flexibility index (Phi) is 12.5. The van der Waals surface area contributed by atoms with E-state index in [1.165, 1.54) is 38.5 Å². The molecule has 0 saturated heterocycles. The summed E-state index contributed by atoms with van der Waals surface area (Å²) in [5, 5.41) is 0.621. The fraction of sp³-hybridized carbons (Fsp3) is 0.355. The smallest absolute Gasteiger partial charge is 0.345 e. The lowest BCUT2D eigenvalue weighted by molar-refractivity contribution is 0.00875. The second-order valence-corrected chi connectivity index (χ2v) is 11.0. The lowest BCUT2D eigenvalue weighted by atomic mass is 10.1. The average Bonchev–Trinajstić information content (AvgIpc) is 2.95. The van der Waals surface area contributed by atoms with E-state index in [0.29, 0.717) is 5.69 Å². The van der Waals surface area contributed by atoms with Crippen molar-refractivity contribution in [2.24, 2.45) is 0 Å². The van der Waals surface area contributed by atoms with E-state index in [-0.39, 0.29) is 42.7 Å². The maximum Gasteiger partial charge on any atom is 0.345 e. The summed E-state index contributed by atoms with van der Waals surface area (Å²) in [6.07, 6.45) is 2.39. The number of hydrogen-bond acceptors (Lipinski definition) is 7. The normalized spacial score (nSPS) is 12.3. The van der Waals surface area contributed by atoms with Crippen LogP contribution < -0.4 is 14.4 Å². The molecule has 3 aromatic rings. The van der Waals surface area contributed by atoms with Gasteiger partial charge in [0.1, 0.15) is 11.1 Å². The summed E-state index contributed by atoms with van der Waals surface area (Å²) in [7, 11) is 2.76. The molecule has 0 saturated carbocycles. The number of ether oxygens (including phenoxy) is 4. The molecule has 3 aromatic carbocycles. The summed E-state index contributed by atoms with van der Waals surface area (Å²) in [4.78, 5) is 28.3. The summed E-state index contributed by atoms with van der Waals surface area (Å²) in [5.41, 5.74) is 1.75. The molecule has 0 N–H and O–H groups in total. The monoisotopic (exact) mass is 655 g/mol. The Bertz CT molecular complexity index is 1320. The van der Waals surface area contributed by atoms with Gasteiger partial charge < -0.3 is 23.8 Å². The van der Waals surface area contributed by atoms with Gasteiger partial charge in [0.25, 0.3) is 0 Å². The molecule has 0 spiro atoms. The number of carbonyl (C=O) groups excluding carboxylic acids is 2. The van der Waals surface area contributed by atoms with Gasteiger partial charge in [0.15, 0.2) is 24.0 Å². The highest BCUT2D eigenvalue weighted by atomic mass is 35.5. The third-order valence-corrected chi connectivity index (χ3v) is 7.80. The summed E-state index contributed by atoms with van der Waals surface area (Å²) in [6.45, 7) is 5.45. The second-order valence-electron chi connectivity index (χ2n) is 9.41. The van der Waals surface area contributed by atoms with E-state index >= 15 is 0 Å². The minimum absolute atomic E-state index is 0.0233. The maximum absolute atomic E-state index is 13.3. The molecular weight excluding hydrogens is 624 g/mol. The van der Waals surface area contributed by atoms with Gasteiger partial charge in [-0.1, -0.05) is 78.3 Å². The van der Waals surface area contributed by atoms with Crippen LogP contribution >= 0.6 is 46.4 Å². The number of methoxy groups -OCH3 is 2. The van der Waals surface area contributed by atoms with Crippen LogP contribution in [0.1, 0.15) is 66.3 Å². The molecule has 0 aromatic heterocycles. The van der Waals surface area contributed by atoms with Crippen LogP contribution in [0.5, 0.6) is 11.5 Å².